The number of rotatable bonds is 18. The van der Waals surface area contributed by atoms with Crippen LogP contribution in [-0.2, 0) is 65.2 Å². The van der Waals surface area contributed by atoms with E-state index in [1.54, 1.807) is 19.2 Å². The Morgan fingerprint density at radius 1 is 0.772 bits per heavy atom. The van der Waals surface area contributed by atoms with E-state index < -0.39 is 41.5 Å². The fraction of sp³-hybridized carbons (Fsp3) is 0.326. The van der Waals surface area contributed by atoms with Crippen molar-refractivity contribution in [2.45, 2.75) is 69.8 Å². The molecule has 1 saturated heterocycles. The predicted octanol–water partition coefficient (Wildman–Crippen LogP) is 9.79. The fourth-order valence-electron chi connectivity index (χ4n) is 7.06. The molecule has 0 saturated carbocycles. The molecule has 0 aromatic heterocycles. The molecule has 0 aliphatic carbocycles. The number of hydrogen-bond acceptors (Lipinski definition) is 8. The molecule has 0 amide bonds. The summed E-state index contributed by atoms with van der Waals surface area (Å²) in [6.07, 6.45) is -2.35. The summed E-state index contributed by atoms with van der Waals surface area (Å²) in [6.45, 7) is 3.96. The first-order valence-electron chi connectivity index (χ1n) is 18.8. The van der Waals surface area contributed by atoms with E-state index in [0.29, 0.717) is 39.2 Å². The van der Waals surface area contributed by atoms with Crippen molar-refractivity contribution < 1.29 is 42.3 Å². The van der Waals surface area contributed by atoms with Gasteiger partial charge in [-0.2, -0.15) is 0 Å². The second kappa shape index (κ2) is 20.2. The molecule has 0 N–H and O–H groups in total. The normalized spacial score (nSPS) is 21.9. The molecule has 6 rings (SSSR count). The number of benzene rings is 5. The largest absolute Gasteiger partial charge is 0.491 e. The summed E-state index contributed by atoms with van der Waals surface area (Å²) in [5.74, 6) is -2.43. The fourth-order valence-corrected chi connectivity index (χ4v) is 8.05. The highest BCUT2D eigenvalue weighted by Gasteiger charge is 2.64. The molecule has 1 heterocycles. The summed E-state index contributed by atoms with van der Waals surface area (Å²) in [4.78, 5) is 12.5. The second-order valence-corrected chi connectivity index (χ2v) is 15.0. The zero-order chi connectivity index (χ0) is 40.3. The zero-order valence-corrected chi connectivity index (χ0v) is 35.1. The molecule has 1 fully saturated rings. The van der Waals surface area contributed by atoms with E-state index in [1.807, 2.05) is 116 Å². The van der Waals surface area contributed by atoms with E-state index >= 15 is 4.39 Å². The van der Waals surface area contributed by atoms with Crippen molar-refractivity contribution in [3.05, 3.63) is 172 Å². The maximum Gasteiger partial charge on any atom is 0.302 e. The van der Waals surface area contributed by atoms with Crippen molar-refractivity contribution in [3.8, 4) is 5.75 Å². The third-order valence-corrected chi connectivity index (χ3v) is 11.5. The topological polar surface area (TPSA) is 81.7 Å². The number of ether oxygens (including phenoxy) is 7. The molecular formula is C46H47ClFIO8. The summed E-state index contributed by atoms with van der Waals surface area (Å²) < 4.78 is 61.3. The van der Waals surface area contributed by atoms with E-state index in [9.17, 15) is 4.79 Å². The van der Waals surface area contributed by atoms with Crippen molar-refractivity contribution in [3.63, 3.8) is 0 Å². The Morgan fingerprint density at radius 3 is 1.88 bits per heavy atom. The quantitative estimate of drug-likeness (QED) is 0.0489. The number of halogens is 3. The van der Waals surface area contributed by atoms with Gasteiger partial charge in [-0.25, -0.2) is 4.39 Å². The van der Waals surface area contributed by atoms with Gasteiger partial charge in [0, 0.05) is 29.0 Å². The molecule has 300 valence electrons. The molecule has 5 atom stereocenters. The minimum absolute atomic E-state index is 0.168. The van der Waals surface area contributed by atoms with Crippen LogP contribution in [0.4, 0.5) is 4.39 Å². The smallest absolute Gasteiger partial charge is 0.302 e. The summed E-state index contributed by atoms with van der Waals surface area (Å²) in [7, 11) is 1.55. The van der Waals surface area contributed by atoms with Crippen molar-refractivity contribution >= 4 is 40.2 Å². The second-order valence-electron chi connectivity index (χ2n) is 13.8. The summed E-state index contributed by atoms with van der Waals surface area (Å²) in [5.41, 5.74) is 3.44. The van der Waals surface area contributed by atoms with Crippen LogP contribution in [0.3, 0.4) is 0 Å². The first-order valence-corrected chi connectivity index (χ1v) is 20.7. The van der Waals surface area contributed by atoms with Crippen LogP contribution in [-0.4, -0.2) is 54.6 Å². The Balaban J connectivity index is 1.50. The zero-order valence-electron chi connectivity index (χ0n) is 32.2. The molecule has 0 unspecified atom stereocenters. The Hall–Kier alpha value is -3.88. The summed E-state index contributed by atoms with van der Waals surface area (Å²) >= 11 is 9.11. The third-order valence-electron chi connectivity index (χ3n) is 9.86. The molecule has 5 aromatic carbocycles. The Kier molecular flexibility index (Phi) is 15.1. The highest BCUT2D eigenvalue weighted by Crippen LogP contribution is 2.49. The first kappa shape index (κ1) is 42.7. The van der Waals surface area contributed by atoms with E-state index in [4.69, 9.17) is 44.8 Å². The molecule has 5 aromatic rings. The monoisotopic (exact) mass is 908 g/mol. The van der Waals surface area contributed by atoms with Gasteiger partial charge >= 0.3 is 5.97 Å². The number of carbonyl (C=O) groups excluding carboxylic acids is 1. The van der Waals surface area contributed by atoms with Crippen molar-refractivity contribution in [2.75, 3.05) is 24.8 Å². The van der Waals surface area contributed by atoms with E-state index in [1.165, 1.54) is 13.0 Å². The van der Waals surface area contributed by atoms with Crippen LogP contribution in [0.25, 0.3) is 0 Å². The van der Waals surface area contributed by atoms with Crippen LogP contribution >= 0.6 is 34.2 Å². The van der Waals surface area contributed by atoms with Gasteiger partial charge in [0.15, 0.2) is 11.6 Å². The van der Waals surface area contributed by atoms with Crippen LogP contribution < -0.4 is 4.74 Å². The van der Waals surface area contributed by atoms with Crippen LogP contribution in [0.15, 0.2) is 127 Å². The molecule has 1 aliphatic heterocycles. The van der Waals surface area contributed by atoms with Crippen LogP contribution in [0.2, 0.25) is 5.02 Å². The van der Waals surface area contributed by atoms with Crippen LogP contribution in [0, 0.1) is 5.82 Å². The van der Waals surface area contributed by atoms with Crippen LogP contribution in [0.1, 0.15) is 47.2 Å². The highest BCUT2D eigenvalue weighted by atomic mass is 127. The first-order chi connectivity index (χ1) is 27.7. The summed E-state index contributed by atoms with van der Waals surface area (Å²) in [5, 5.41) is 0.470. The lowest BCUT2D eigenvalue weighted by Gasteiger charge is -2.56. The molecule has 8 nitrogen and oxygen atoms in total. The maximum atomic E-state index is 15.0. The molecule has 1 aliphatic rings. The summed E-state index contributed by atoms with van der Waals surface area (Å²) in [6, 6.07) is 39.8. The van der Waals surface area contributed by atoms with Gasteiger partial charge < -0.3 is 33.2 Å². The van der Waals surface area contributed by atoms with Crippen molar-refractivity contribution in [2.24, 2.45) is 0 Å². The van der Waals surface area contributed by atoms with Crippen molar-refractivity contribution in [1.82, 2.24) is 0 Å². The molecule has 57 heavy (non-hydrogen) atoms. The van der Waals surface area contributed by atoms with Gasteiger partial charge in [-0.3, -0.25) is 4.79 Å². The van der Waals surface area contributed by atoms with Gasteiger partial charge in [0.25, 0.3) is 0 Å². The van der Waals surface area contributed by atoms with Gasteiger partial charge in [0.1, 0.15) is 30.5 Å². The van der Waals surface area contributed by atoms with Gasteiger partial charge in [-0.1, -0.05) is 137 Å². The Bertz CT molecular complexity index is 2040. The minimum atomic E-state index is -1.67. The standard InChI is InChI=1S/C46H47ClFIO8/c1-4-52-41-23-20-36(25-40(41)48)24-37-26-38(21-22-39(37)47)46(51-3)44(55-29-35-18-12-7-13-19-35)42(53-27-33-14-8-5-9-15-33)43(54-28-34-16-10-6-11-17-34)45(30-49,57-46)31-56-32(2)50/h5-23,25-26,42-44H,4,24,27-31H2,1-3H3/t42-,43-,44+,45-,46-/m0/s1. The lowest BCUT2D eigenvalue weighted by atomic mass is 9.81. The van der Waals surface area contributed by atoms with Gasteiger partial charge in [0.05, 0.1) is 26.4 Å². The molecular weight excluding hydrogens is 862 g/mol. The molecule has 0 bridgehead atoms. The Morgan fingerprint density at radius 2 is 1.35 bits per heavy atom. The molecule has 0 radical (unpaired) electrons. The number of carbonyl (C=O) groups is 1. The average Bonchev–Trinajstić information content (AvgIpc) is 3.23. The lowest BCUT2D eigenvalue weighted by Crippen LogP contribution is -2.72. The lowest BCUT2D eigenvalue weighted by molar-refractivity contribution is -0.408. The number of alkyl halides is 1. The van der Waals surface area contributed by atoms with E-state index in [2.05, 4.69) is 22.6 Å². The number of hydrogen-bond donors (Lipinski definition) is 0. The van der Waals surface area contributed by atoms with Crippen LogP contribution in [0.5, 0.6) is 5.75 Å². The molecule has 11 heteroatoms. The maximum absolute atomic E-state index is 15.0. The Labute approximate surface area is 352 Å². The van der Waals surface area contributed by atoms with Gasteiger partial charge in [0.2, 0.25) is 5.79 Å². The van der Waals surface area contributed by atoms with E-state index in [0.717, 1.165) is 16.7 Å². The third kappa shape index (κ3) is 10.4. The highest BCUT2D eigenvalue weighted by molar-refractivity contribution is 14.1. The minimum Gasteiger partial charge on any atom is -0.491 e. The van der Waals surface area contributed by atoms with Gasteiger partial charge in [-0.05, 0) is 65.4 Å². The average molecular weight is 909 g/mol. The van der Waals surface area contributed by atoms with Gasteiger partial charge in [-0.15, -0.1) is 0 Å². The number of methoxy groups -OCH3 is 1. The van der Waals surface area contributed by atoms with Crippen molar-refractivity contribution in [1.29, 1.82) is 0 Å². The molecule has 0 spiro atoms. The number of esters is 1. The predicted molar refractivity (Wildman–Crippen MR) is 225 cm³/mol. The SMILES string of the molecule is CCOc1ccc(Cc2cc([C@]3(OC)O[C@@](CI)(COC(C)=O)[C@@H](OCc4ccccc4)[C@H](OCc4ccccc4)[C@H]3OCc3ccccc3)ccc2Cl)cc1F. The van der Waals surface area contributed by atoms with E-state index in [-0.39, 0.29) is 32.2 Å².